The average molecular weight is 391 g/mol. The highest BCUT2D eigenvalue weighted by atomic mass is 16.5. The van der Waals surface area contributed by atoms with E-state index in [1.807, 2.05) is 0 Å². The first kappa shape index (κ1) is 25.8. The first-order chi connectivity index (χ1) is 12.5. The number of aliphatic carboxylic acids is 1. The van der Waals surface area contributed by atoms with E-state index in [-0.39, 0.29) is 31.3 Å². The number of carbonyl (C=O) groups is 2. The molecule has 7 nitrogen and oxygen atoms in total. The fourth-order valence-corrected chi connectivity index (χ4v) is 2.80. The van der Waals surface area contributed by atoms with Crippen LogP contribution in [0, 0.1) is 11.8 Å². The monoisotopic (exact) mass is 390 g/mol. The fourth-order valence-electron chi connectivity index (χ4n) is 2.80. The van der Waals surface area contributed by atoms with E-state index < -0.39 is 24.3 Å². The zero-order valence-electron chi connectivity index (χ0n) is 17.1. The molecule has 1 heterocycles. The second-order valence-electron chi connectivity index (χ2n) is 8.29. The topological polar surface area (TPSA) is 124 Å². The van der Waals surface area contributed by atoms with Crippen molar-refractivity contribution < 1.29 is 34.8 Å². The molecule has 0 unspecified atom stereocenters. The molecule has 7 heteroatoms. The van der Waals surface area contributed by atoms with E-state index in [0.29, 0.717) is 24.7 Å². The molecule has 0 aromatic heterocycles. The van der Waals surface area contributed by atoms with Crippen LogP contribution < -0.4 is 0 Å². The molecule has 1 fully saturated rings. The van der Waals surface area contributed by atoms with Crippen LogP contribution in [0.1, 0.15) is 79.1 Å². The van der Waals surface area contributed by atoms with Crippen molar-refractivity contribution in [2.24, 2.45) is 11.8 Å². The molecule has 0 aromatic rings. The molecule has 1 rings (SSSR count). The summed E-state index contributed by atoms with van der Waals surface area (Å²) >= 11 is 0. The van der Waals surface area contributed by atoms with Crippen molar-refractivity contribution in [1.29, 1.82) is 0 Å². The predicted molar refractivity (Wildman–Crippen MR) is 102 cm³/mol. The van der Waals surface area contributed by atoms with Crippen molar-refractivity contribution in [2.45, 2.75) is 103 Å². The van der Waals surface area contributed by atoms with Gasteiger partial charge in [-0.1, -0.05) is 27.7 Å². The summed E-state index contributed by atoms with van der Waals surface area (Å²) in [5.74, 6) is -0.153. The summed E-state index contributed by atoms with van der Waals surface area (Å²) in [5, 5.41) is 36.3. The number of esters is 1. The van der Waals surface area contributed by atoms with E-state index in [1.54, 1.807) is 0 Å². The van der Waals surface area contributed by atoms with Crippen molar-refractivity contribution in [3.8, 4) is 0 Å². The maximum absolute atomic E-state index is 10.9. The first-order valence-electron chi connectivity index (χ1n) is 9.95. The van der Waals surface area contributed by atoms with Gasteiger partial charge in [0.15, 0.2) is 0 Å². The van der Waals surface area contributed by atoms with Crippen LogP contribution in [0.4, 0.5) is 0 Å². The lowest BCUT2D eigenvalue weighted by molar-refractivity contribution is -0.160. The number of hydrogen-bond acceptors (Lipinski definition) is 6. The van der Waals surface area contributed by atoms with Crippen LogP contribution in [0.15, 0.2) is 0 Å². The Hall–Kier alpha value is -1.18. The van der Waals surface area contributed by atoms with Crippen molar-refractivity contribution in [1.82, 2.24) is 0 Å². The quantitative estimate of drug-likeness (QED) is 0.422. The molecule has 0 spiro atoms. The number of ether oxygens (including phenoxy) is 1. The Bertz CT molecular complexity index is 423. The third-order valence-electron chi connectivity index (χ3n) is 4.33. The lowest BCUT2D eigenvalue weighted by Gasteiger charge is -2.26. The minimum atomic E-state index is -1.03. The lowest BCUT2D eigenvalue weighted by atomic mass is 9.98. The number of carboxylic acid groups (broad SMARTS) is 1. The molecule has 0 aliphatic carbocycles. The maximum Gasteiger partial charge on any atom is 0.308 e. The van der Waals surface area contributed by atoms with Gasteiger partial charge in [-0.05, 0) is 43.9 Å². The van der Waals surface area contributed by atoms with Gasteiger partial charge in [-0.3, -0.25) is 9.59 Å². The van der Waals surface area contributed by atoms with Crippen LogP contribution in [0.25, 0.3) is 0 Å². The van der Waals surface area contributed by atoms with Gasteiger partial charge in [0.1, 0.15) is 6.10 Å². The Kier molecular flexibility index (Phi) is 13.3. The summed E-state index contributed by atoms with van der Waals surface area (Å²) < 4.78 is 5.11. The van der Waals surface area contributed by atoms with Crippen LogP contribution >= 0.6 is 0 Å². The second-order valence-corrected chi connectivity index (χ2v) is 8.29. The van der Waals surface area contributed by atoms with E-state index in [4.69, 9.17) is 9.84 Å². The highest BCUT2D eigenvalue weighted by molar-refractivity contribution is 5.70. The van der Waals surface area contributed by atoms with Crippen LogP contribution in [0.5, 0.6) is 0 Å². The molecule has 0 amide bonds. The Morgan fingerprint density at radius 2 is 1.67 bits per heavy atom. The summed E-state index contributed by atoms with van der Waals surface area (Å²) in [6.45, 7) is 8.39. The number of aliphatic hydroxyl groups excluding tert-OH is 3. The largest absolute Gasteiger partial charge is 0.481 e. The van der Waals surface area contributed by atoms with E-state index in [2.05, 4.69) is 27.7 Å². The highest BCUT2D eigenvalue weighted by Crippen LogP contribution is 2.20. The van der Waals surface area contributed by atoms with E-state index in [9.17, 15) is 24.9 Å². The minimum Gasteiger partial charge on any atom is -0.481 e. The molecule has 1 aliphatic rings. The first-order valence-corrected chi connectivity index (χ1v) is 9.95. The van der Waals surface area contributed by atoms with Crippen LogP contribution in [-0.4, -0.2) is 56.8 Å². The van der Waals surface area contributed by atoms with E-state index >= 15 is 0 Å². The van der Waals surface area contributed by atoms with Crippen molar-refractivity contribution >= 4 is 11.9 Å². The highest BCUT2D eigenvalue weighted by Gasteiger charge is 2.26. The SMILES string of the molecule is CC(C)CC[C@@H](O)C[C@@H](O)CC(=O)O.CC(C)CC[C@@H]1C[C@@H](O)CC(=O)O1. The third kappa shape index (κ3) is 15.6. The Morgan fingerprint density at radius 3 is 2.15 bits per heavy atom. The van der Waals surface area contributed by atoms with Gasteiger partial charge in [-0.25, -0.2) is 0 Å². The number of carboxylic acids is 1. The van der Waals surface area contributed by atoms with Gasteiger partial charge in [0, 0.05) is 6.42 Å². The van der Waals surface area contributed by atoms with Crippen molar-refractivity contribution in [3.05, 3.63) is 0 Å². The summed E-state index contributed by atoms with van der Waals surface area (Å²) in [6.07, 6.45) is 1.99. The molecule has 0 bridgehead atoms. The smallest absolute Gasteiger partial charge is 0.308 e. The molecule has 4 N–H and O–H groups in total. The molecule has 0 saturated carbocycles. The molecule has 0 radical (unpaired) electrons. The number of carbonyl (C=O) groups excluding carboxylic acids is 1. The maximum atomic E-state index is 10.9. The van der Waals surface area contributed by atoms with Gasteiger partial charge < -0.3 is 25.2 Å². The van der Waals surface area contributed by atoms with Crippen LogP contribution in [-0.2, 0) is 14.3 Å². The van der Waals surface area contributed by atoms with Gasteiger partial charge >= 0.3 is 11.9 Å². The molecule has 0 aromatic carbocycles. The zero-order valence-corrected chi connectivity index (χ0v) is 17.1. The number of hydrogen-bond donors (Lipinski definition) is 4. The molecule has 4 atom stereocenters. The molecule has 27 heavy (non-hydrogen) atoms. The summed E-state index contributed by atoms with van der Waals surface area (Å²) in [5.41, 5.74) is 0. The molecular formula is C20H38O7. The summed E-state index contributed by atoms with van der Waals surface area (Å²) in [7, 11) is 0. The zero-order chi connectivity index (χ0) is 21.0. The lowest BCUT2D eigenvalue weighted by Crippen LogP contribution is -2.32. The van der Waals surface area contributed by atoms with Gasteiger partial charge in [0.25, 0.3) is 0 Å². The summed E-state index contributed by atoms with van der Waals surface area (Å²) in [6, 6.07) is 0. The standard InChI is InChI=1S/C10H20O4.C10H18O3/c1-7(2)3-4-8(11)5-9(12)6-10(13)14;1-7(2)3-4-9-5-8(11)6-10(12)13-9/h7-9,11-12H,3-6H2,1-2H3,(H,13,14);7-9,11H,3-6H2,1-2H3/t2*8-,9-/m11/s1. The minimum absolute atomic E-state index is 0.0568. The Balaban J connectivity index is 0.000000501. The number of rotatable bonds is 10. The fraction of sp³-hybridized carbons (Fsp3) is 0.900. The van der Waals surface area contributed by atoms with Gasteiger partial charge in [0.2, 0.25) is 0 Å². The molecule has 1 saturated heterocycles. The van der Waals surface area contributed by atoms with Gasteiger partial charge in [0.05, 0.1) is 31.2 Å². The Morgan fingerprint density at radius 1 is 1.07 bits per heavy atom. The number of cyclic esters (lactones) is 1. The molecule has 160 valence electrons. The van der Waals surface area contributed by atoms with Crippen LogP contribution in [0.2, 0.25) is 0 Å². The Labute approximate surface area is 162 Å². The van der Waals surface area contributed by atoms with Gasteiger partial charge in [-0.2, -0.15) is 0 Å². The number of aliphatic hydroxyl groups is 3. The van der Waals surface area contributed by atoms with Gasteiger partial charge in [-0.15, -0.1) is 0 Å². The predicted octanol–water partition coefficient (Wildman–Crippen LogP) is 2.50. The summed E-state index contributed by atoms with van der Waals surface area (Å²) in [4.78, 5) is 21.2. The second kappa shape index (κ2) is 13.9. The molecule has 1 aliphatic heterocycles. The van der Waals surface area contributed by atoms with Crippen LogP contribution in [0.3, 0.4) is 0 Å². The van der Waals surface area contributed by atoms with Crippen molar-refractivity contribution in [2.75, 3.05) is 0 Å². The average Bonchev–Trinajstić information content (AvgIpc) is 2.50. The normalized spacial score (nSPS) is 22.0. The van der Waals surface area contributed by atoms with E-state index in [1.165, 1.54) is 0 Å². The van der Waals surface area contributed by atoms with Crippen molar-refractivity contribution in [3.63, 3.8) is 0 Å². The molecular weight excluding hydrogens is 352 g/mol. The van der Waals surface area contributed by atoms with E-state index in [0.717, 1.165) is 19.3 Å². The third-order valence-corrected chi connectivity index (χ3v) is 4.33.